The third kappa shape index (κ3) is 4.38. The molecule has 6 nitrogen and oxygen atoms in total. The Kier molecular flexibility index (Phi) is 6.07. The fourth-order valence-corrected chi connectivity index (χ4v) is 3.20. The highest BCUT2D eigenvalue weighted by Gasteiger charge is 2.29. The summed E-state index contributed by atoms with van der Waals surface area (Å²) in [7, 11) is 0. The van der Waals surface area contributed by atoms with Crippen LogP contribution in [0.5, 0.6) is 5.75 Å². The zero-order chi connectivity index (χ0) is 20.4. The molecule has 1 aliphatic heterocycles. The Morgan fingerprint density at radius 3 is 2.68 bits per heavy atom. The number of carboxylic acids is 1. The van der Waals surface area contributed by atoms with Crippen LogP contribution in [0.1, 0.15) is 12.5 Å². The Hall–Kier alpha value is -2.35. The molecule has 0 aromatic heterocycles. The highest BCUT2D eigenvalue weighted by atomic mass is 79.9. The molecule has 2 aromatic rings. The lowest BCUT2D eigenvalue weighted by molar-refractivity contribution is -0.307. The van der Waals surface area contributed by atoms with E-state index >= 15 is 0 Å². The van der Waals surface area contributed by atoms with Gasteiger partial charge in [0.1, 0.15) is 12.4 Å². The van der Waals surface area contributed by atoms with Crippen molar-refractivity contribution in [2.24, 2.45) is 5.10 Å². The van der Waals surface area contributed by atoms with Gasteiger partial charge in [0.05, 0.1) is 33.0 Å². The van der Waals surface area contributed by atoms with E-state index in [-0.39, 0.29) is 5.91 Å². The Labute approximate surface area is 179 Å². The van der Waals surface area contributed by atoms with Crippen LogP contribution in [0.2, 0.25) is 10.0 Å². The van der Waals surface area contributed by atoms with Gasteiger partial charge in [-0.2, -0.15) is 10.1 Å². The van der Waals surface area contributed by atoms with E-state index in [9.17, 15) is 14.7 Å². The van der Waals surface area contributed by atoms with Gasteiger partial charge in [-0.3, -0.25) is 4.79 Å². The van der Waals surface area contributed by atoms with Gasteiger partial charge in [-0.25, -0.2) is 0 Å². The number of nitrogens with zero attached hydrogens (tertiary/aromatic N) is 2. The maximum atomic E-state index is 12.9. The van der Waals surface area contributed by atoms with E-state index in [2.05, 4.69) is 21.0 Å². The molecular weight excluding hydrogens is 471 g/mol. The number of carboxylic acid groups (broad SMARTS) is 1. The average Bonchev–Trinajstić information content (AvgIpc) is 2.91. The number of anilines is 1. The molecule has 1 amide bonds. The van der Waals surface area contributed by atoms with Gasteiger partial charge >= 0.3 is 0 Å². The molecule has 0 atom stereocenters. The van der Waals surface area contributed by atoms with Crippen molar-refractivity contribution in [3.05, 3.63) is 62.1 Å². The van der Waals surface area contributed by atoms with Crippen LogP contribution in [0, 0.1) is 0 Å². The summed E-state index contributed by atoms with van der Waals surface area (Å²) in [5.41, 5.74) is 1.82. The molecule has 1 aliphatic rings. The van der Waals surface area contributed by atoms with Gasteiger partial charge in [0, 0.05) is 10.0 Å². The van der Waals surface area contributed by atoms with E-state index in [1.807, 2.05) is 0 Å². The number of amides is 1. The molecular formula is C19H12BrCl2N2O4-. The Morgan fingerprint density at radius 1 is 1.25 bits per heavy atom. The minimum atomic E-state index is -1.35. The summed E-state index contributed by atoms with van der Waals surface area (Å²) in [6.45, 7) is 1.09. The summed E-state index contributed by atoms with van der Waals surface area (Å²) in [4.78, 5) is 23.6. The number of hydrazone groups is 1. The van der Waals surface area contributed by atoms with Crippen LogP contribution in [0.25, 0.3) is 6.08 Å². The van der Waals surface area contributed by atoms with Crippen LogP contribution in [-0.4, -0.2) is 24.2 Å². The number of benzene rings is 2. The van der Waals surface area contributed by atoms with E-state index in [4.69, 9.17) is 27.9 Å². The fourth-order valence-electron chi connectivity index (χ4n) is 2.53. The van der Waals surface area contributed by atoms with Crippen molar-refractivity contribution < 1.29 is 19.4 Å². The second kappa shape index (κ2) is 8.34. The Morgan fingerprint density at radius 2 is 2.00 bits per heavy atom. The zero-order valence-corrected chi connectivity index (χ0v) is 17.5. The quantitative estimate of drug-likeness (QED) is 0.608. The normalized spacial score (nSPS) is 15.1. The first-order valence-corrected chi connectivity index (χ1v) is 9.50. The molecule has 28 heavy (non-hydrogen) atoms. The smallest absolute Gasteiger partial charge is 0.280 e. The highest BCUT2D eigenvalue weighted by molar-refractivity contribution is 9.10. The van der Waals surface area contributed by atoms with Crippen LogP contribution >= 0.6 is 39.1 Å². The number of hydrogen-bond acceptors (Lipinski definition) is 5. The molecule has 9 heteroatoms. The van der Waals surface area contributed by atoms with Gasteiger partial charge in [-0.1, -0.05) is 39.1 Å². The topological polar surface area (TPSA) is 82.0 Å². The summed E-state index contributed by atoms with van der Waals surface area (Å²) in [5, 5.41) is 16.9. The molecule has 0 saturated carbocycles. The number of ether oxygens (including phenoxy) is 1. The number of carbonyl (C=O) groups is 2. The summed E-state index contributed by atoms with van der Waals surface area (Å²) in [5.74, 6) is -1.41. The van der Waals surface area contributed by atoms with Crippen LogP contribution in [0.4, 0.5) is 5.69 Å². The molecule has 0 bridgehead atoms. The van der Waals surface area contributed by atoms with Crippen molar-refractivity contribution in [3.63, 3.8) is 0 Å². The molecule has 0 spiro atoms. The van der Waals surface area contributed by atoms with Gasteiger partial charge in [0.15, 0.2) is 0 Å². The number of carbonyl (C=O) groups excluding carboxylic acids is 2. The number of hydrogen-bond donors (Lipinski definition) is 0. The van der Waals surface area contributed by atoms with Crippen molar-refractivity contribution in [2.75, 3.05) is 11.6 Å². The van der Waals surface area contributed by atoms with Crippen LogP contribution in [0.15, 0.2) is 51.5 Å². The van der Waals surface area contributed by atoms with E-state index in [0.29, 0.717) is 38.3 Å². The van der Waals surface area contributed by atoms with Gasteiger partial charge in [-0.05, 0) is 49.4 Å². The van der Waals surface area contributed by atoms with Crippen molar-refractivity contribution >= 4 is 68.5 Å². The zero-order valence-electron chi connectivity index (χ0n) is 14.4. The summed E-state index contributed by atoms with van der Waals surface area (Å²) in [6.07, 6.45) is 1.59. The predicted molar refractivity (Wildman–Crippen MR) is 110 cm³/mol. The molecule has 2 aromatic carbocycles. The molecule has 0 radical (unpaired) electrons. The monoisotopic (exact) mass is 481 g/mol. The first kappa shape index (κ1) is 20.4. The molecule has 0 unspecified atom stereocenters. The van der Waals surface area contributed by atoms with Crippen molar-refractivity contribution in [1.82, 2.24) is 0 Å². The lowest BCUT2D eigenvalue weighted by atomic mass is 10.1. The first-order valence-electron chi connectivity index (χ1n) is 7.95. The Balaban J connectivity index is 1.96. The second-order valence-corrected chi connectivity index (χ2v) is 7.53. The predicted octanol–water partition coefficient (Wildman–Crippen LogP) is 3.69. The largest absolute Gasteiger partial charge is 0.546 e. The molecule has 0 fully saturated rings. The maximum Gasteiger partial charge on any atom is 0.280 e. The average molecular weight is 483 g/mol. The third-order valence-electron chi connectivity index (χ3n) is 3.83. The fraction of sp³-hybridized carbons (Fsp3) is 0.105. The van der Waals surface area contributed by atoms with E-state index in [0.717, 1.165) is 4.47 Å². The lowest BCUT2D eigenvalue weighted by Crippen LogP contribution is -2.29. The van der Waals surface area contributed by atoms with Crippen molar-refractivity contribution in [1.29, 1.82) is 0 Å². The standard InChI is InChI=1S/C19H13BrCl2N2O4/c1-10-14(7-11-6-12(20)2-5-17(11)28-9-18(25)26)19(27)24(23-10)13-3-4-15(21)16(22)8-13/h2-8H,9H2,1H3,(H,25,26)/p-1/b14-7+. The van der Waals surface area contributed by atoms with Crippen molar-refractivity contribution in [2.45, 2.75) is 6.92 Å². The van der Waals surface area contributed by atoms with Crippen LogP contribution < -0.4 is 14.9 Å². The summed E-state index contributed by atoms with van der Waals surface area (Å²) >= 11 is 15.3. The van der Waals surface area contributed by atoms with E-state index in [1.54, 1.807) is 49.4 Å². The van der Waals surface area contributed by atoms with Crippen LogP contribution in [0.3, 0.4) is 0 Å². The van der Waals surface area contributed by atoms with Gasteiger partial charge in [0.2, 0.25) is 0 Å². The third-order valence-corrected chi connectivity index (χ3v) is 5.06. The lowest BCUT2D eigenvalue weighted by Gasteiger charge is -2.13. The molecule has 0 N–H and O–H groups in total. The maximum absolute atomic E-state index is 12.9. The highest BCUT2D eigenvalue weighted by Crippen LogP contribution is 2.32. The number of aliphatic carboxylic acids is 1. The van der Waals surface area contributed by atoms with Gasteiger partial charge in [-0.15, -0.1) is 0 Å². The van der Waals surface area contributed by atoms with Crippen molar-refractivity contribution in [3.8, 4) is 5.75 Å². The number of rotatable bonds is 5. The molecule has 0 saturated heterocycles. The minimum absolute atomic E-state index is 0.300. The van der Waals surface area contributed by atoms with E-state index in [1.165, 1.54) is 5.01 Å². The summed E-state index contributed by atoms with van der Waals surface area (Å²) in [6, 6.07) is 9.78. The number of halogens is 3. The second-order valence-electron chi connectivity index (χ2n) is 5.80. The SMILES string of the molecule is CC1=NN(c2ccc(Cl)c(Cl)c2)C(=O)/C1=C/c1cc(Br)ccc1OCC(=O)[O-]. The van der Waals surface area contributed by atoms with Gasteiger partial charge in [0.25, 0.3) is 5.91 Å². The van der Waals surface area contributed by atoms with Crippen LogP contribution in [-0.2, 0) is 9.59 Å². The summed E-state index contributed by atoms with van der Waals surface area (Å²) < 4.78 is 5.99. The molecule has 3 rings (SSSR count). The minimum Gasteiger partial charge on any atom is -0.546 e. The first-order chi connectivity index (χ1) is 13.3. The Bertz CT molecular complexity index is 1040. The molecule has 144 valence electrons. The molecule has 0 aliphatic carbocycles. The molecule has 1 heterocycles. The van der Waals surface area contributed by atoms with Gasteiger partial charge < -0.3 is 14.6 Å². The van der Waals surface area contributed by atoms with E-state index < -0.39 is 12.6 Å².